The molecule has 0 radical (unpaired) electrons. The Labute approximate surface area is 174 Å². The van der Waals surface area contributed by atoms with Crippen LogP contribution in [0.1, 0.15) is 11.3 Å². The summed E-state index contributed by atoms with van der Waals surface area (Å²) in [5.74, 6) is 1.23. The number of halogens is 3. The molecule has 0 fully saturated rings. The molecular formula is C20H16F3N5OS. The minimum Gasteiger partial charge on any atom is -0.497 e. The number of hydrogen-bond donors (Lipinski definition) is 1. The molecule has 0 aliphatic carbocycles. The number of thiazole rings is 1. The number of pyridine rings is 1. The predicted molar refractivity (Wildman–Crippen MR) is 108 cm³/mol. The molecule has 6 nitrogen and oxygen atoms in total. The zero-order valence-corrected chi connectivity index (χ0v) is 16.5. The van der Waals surface area contributed by atoms with Crippen molar-refractivity contribution in [1.29, 1.82) is 0 Å². The van der Waals surface area contributed by atoms with Gasteiger partial charge in [0.05, 0.1) is 24.9 Å². The molecule has 3 heterocycles. The van der Waals surface area contributed by atoms with Crippen LogP contribution in [-0.4, -0.2) is 26.9 Å². The highest BCUT2D eigenvalue weighted by molar-refractivity contribution is 7.14. The number of hydrogen-bond acceptors (Lipinski definition) is 6. The Bertz CT molecular complexity index is 1120. The number of alkyl halides is 3. The molecule has 30 heavy (non-hydrogen) atoms. The second kappa shape index (κ2) is 8.15. The number of nitrogens with zero attached hydrogens (tertiary/aromatic N) is 4. The van der Waals surface area contributed by atoms with Crippen molar-refractivity contribution in [3.63, 3.8) is 0 Å². The van der Waals surface area contributed by atoms with Gasteiger partial charge < -0.3 is 10.1 Å². The zero-order valence-electron chi connectivity index (χ0n) is 15.7. The van der Waals surface area contributed by atoms with Gasteiger partial charge in [0.1, 0.15) is 11.6 Å². The molecule has 0 amide bonds. The van der Waals surface area contributed by atoms with Gasteiger partial charge in [0.2, 0.25) is 0 Å². The lowest BCUT2D eigenvalue weighted by Gasteiger charge is -2.05. The van der Waals surface area contributed by atoms with E-state index in [0.29, 0.717) is 16.7 Å². The van der Waals surface area contributed by atoms with Crippen LogP contribution in [0.2, 0.25) is 0 Å². The summed E-state index contributed by atoms with van der Waals surface area (Å²) in [7, 11) is 1.55. The lowest BCUT2D eigenvalue weighted by molar-refractivity contribution is -0.141. The topological polar surface area (TPSA) is 64.9 Å². The van der Waals surface area contributed by atoms with E-state index in [1.165, 1.54) is 22.2 Å². The van der Waals surface area contributed by atoms with Gasteiger partial charge in [-0.1, -0.05) is 18.2 Å². The van der Waals surface area contributed by atoms with Crippen LogP contribution < -0.4 is 10.1 Å². The van der Waals surface area contributed by atoms with E-state index in [1.54, 1.807) is 61.2 Å². The van der Waals surface area contributed by atoms with Crippen molar-refractivity contribution < 1.29 is 17.9 Å². The Morgan fingerprint density at radius 2 is 1.93 bits per heavy atom. The Morgan fingerprint density at radius 3 is 2.60 bits per heavy atom. The Balaban J connectivity index is 1.62. The molecule has 0 aliphatic heterocycles. The van der Waals surface area contributed by atoms with Crippen LogP contribution in [-0.2, 0) is 12.7 Å². The highest BCUT2D eigenvalue weighted by Gasteiger charge is 2.38. The SMILES string of the molecule is COc1ccc(Cn2cc(-c3csc(Nc4ccccn4)n3)c(C(F)(F)F)n2)cc1. The highest BCUT2D eigenvalue weighted by atomic mass is 32.1. The van der Waals surface area contributed by atoms with Gasteiger partial charge in [-0.05, 0) is 29.8 Å². The molecule has 154 valence electrons. The molecular weight excluding hydrogens is 415 g/mol. The van der Waals surface area contributed by atoms with Crippen molar-refractivity contribution in [3.05, 3.63) is 71.5 Å². The molecule has 0 bridgehead atoms. The van der Waals surface area contributed by atoms with Crippen molar-refractivity contribution in [2.75, 3.05) is 12.4 Å². The predicted octanol–water partition coefficient (Wildman–Crippen LogP) is 5.22. The maximum Gasteiger partial charge on any atom is 0.435 e. The fourth-order valence-electron chi connectivity index (χ4n) is 2.82. The van der Waals surface area contributed by atoms with Crippen molar-refractivity contribution >= 4 is 22.3 Å². The van der Waals surface area contributed by atoms with E-state index in [9.17, 15) is 13.2 Å². The number of aromatic nitrogens is 4. The molecule has 1 aromatic carbocycles. The molecule has 0 aliphatic rings. The molecule has 0 saturated heterocycles. The van der Waals surface area contributed by atoms with Crippen molar-refractivity contribution in [2.24, 2.45) is 0 Å². The average Bonchev–Trinajstić information content (AvgIpc) is 3.36. The number of anilines is 2. The van der Waals surface area contributed by atoms with Crippen molar-refractivity contribution in [1.82, 2.24) is 19.7 Å². The third-order valence-corrected chi connectivity index (χ3v) is 4.97. The zero-order chi connectivity index (χ0) is 21.1. The summed E-state index contributed by atoms with van der Waals surface area (Å²) >= 11 is 1.20. The first-order valence-electron chi connectivity index (χ1n) is 8.84. The summed E-state index contributed by atoms with van der Waals surface area (Å²) in [6, 6.07) is 12.4. The van der Waals surface area contributed by atoms with Crippen LogP contribution in [0.3, 0.4) is 0 Å². The van der Waals surface area contributed by atoms with Crippen molar-refractivity contribution in [3.8, 4) is 17.0 Å². The maximum atomic E-state index is 13.6. The number of methoxy groups -OCH3 is 1. The van der Waals surface area contributed by atoms with Crippen LogP contribution in [0.5, 0.6) is 5.75 Å². The summed E-state index contributed by atoms with van der Waals surface area (Å²) < 4.78 is 47.2. The molecule has 0 saturated carbocycles. The summed E-state index contributed by atoms with van der Waals surface area (Å²) in [6.45, 7) is 0.191. The number of nitrogens with one attached hydrogen (secondary N) is 1. The normalized spacial score (nSPS) is 11.5. The monoisotopic (exact) mass is 431 g/mol. The van der Waals surface area contributed by atoms with Gasteiger partial charge in [-0.15, -0.1) is 11.3 Å². The Morgan fingerprint density at radius 1 is 1.13 bits per heavy atom. The molecule has 10 heteroatoms. The van der Waals surface area contributed by atoms with Crippen LogP contribution in [0.4, 0.5) is 24.1 Å². The van der Waals surface area contributed by atoms with Gasteiger partial charge in [0, 0.05) is 17.8 Å². The minimum atomic E-state index is -4.60. The molecule has 0 unspecified atom stereocenters. The van der Waals surface area contributed by atoms with E-state index in [-0.39, 0.29) is 17.8 Å². The summed E-state index contributed by atoms with van der Waals surface area (Å²) in [6.07, 6.45) is -1.62. The summed E-state index contributed by atoms with van der Waals surface area (Å²) in [5.41, 5.74) is -0.0341. The standard InChI is InChI=1S/C20H16F3N5OS/c1-29-14-7-5-13(6-8-14)10-28-11-15(18(27-28)20(21,22)23)16-12-30-19(25-16)26-17-4-2-3-9-24-17/h2-9,11-12H,10H2,1H3,(H,24,25,26). The van der Waals surface area contributed by atoms with Crippen LogP contribution in [0.25, 0.3) is 11.3 Å². The molecule has 1 N–H and O–H groups in total. The van der Waals surface area contributed by atoms with Crippen LogP contribution in [0, 0.1) is 0 Å². The molecule has 4 aromatic rings. The summed E-state index contributed by atoms with van der Waals surface area (Å²) in [4.78, 5) is 8.42. The molecule has 4 rings (SSSR count). The summed E-state index contributed by atoms with van der Waals surface area (Å²) in [5, 5.41) is 8.78. The number of benzene rings is 1. The molecule has 0 spiro atoms. The van der Waals surface area contributed by atoms with Crippen LogP contribution >= 0.6 is 11.3 Å². The number of ether oxygens (including phenoxy) is 1. The first kappa shape index (κ1) is 19.9. The van der Waals surface area contributed by atoms with Crippen molar-refractivity contribution in [2.45, 2.75) is 12.7 Å². The number of rotatable bonds is 6. The van der Waals surface area contributed by atoms with Gasteiger partial charge in [-0.3, -0.25) is 4.68 Å². The van der Waals surface area contributed by atoms with E-state index in [4.69, 9.17) is 4.74 Å². The van der Waals surface area contributed by atoms with E-state index in [1.807, 2.05) is 0 Å². The maximum absolute atomic E-state index is 13.6. The quantitative estimate of drug-likeness (QED) is 0.453. The fraction of sp³-hybridized carbons (Fsp3) is 0.150. The lowest BCUT2D eigenvalue weighted by Crippen LogP contribution is -2.09. The third kappa shape index (κ3) is 4.43. The lowest BCUT2D eigenvalue weighted by atomic mass is 10.2. The van der Waals surface area contributed by atoms with E-state index in [0.717, 1.165) is 5.56 Å². The molecule has 3 aromatic heterocycles. The second-order valence-electron chi connectivity index (χ2n) is 6.31. The Kier molecular flexibility index (Phi) is 5.40. The first-order chi connectivity index (χ1) is 14.4. The van der Waals surface area contributed by atoms with Gasteiger partial charge >= 0.3 is 6.18 Å². The largest absolute Gasteiger partial charge is 0.497 e. The molecule has 0 atom stereocenters. The van der Waals surface area contributed by atoms with E-state index < -0.39 is 11.9 Å². The highest BCUT2D eigenvalue weighted by Crippen LogP contribution is 2.37. The van der Waals surface area contributed by atoms with E-state index >= 15 is 0 Å². The smallest absolute Gasteiger partial charge is 0.435 e. The average molecular weight is 431 g/mol. The fourth-order valence-corrected chi connectivity index (χ4v) is 3.54. The van der Waals surface area contributed by atoms with E-state index in [2.05, 4.69) is 20.4 Å². The minimum absolute atomic E-state index is 0.0682. The van der Waals surface area contributed by atoms with Gasteiger partial charge in [-0.2, -0.15) is 18.3 Å². The Hall–Kier alpha value is -3.40. The van der Waals surface area contributed by atoms with Gasteiger partial charge in [-0.25, -0.2) is 9.97 Å². The van der Waals surface area contributed by atoms with Gasteiger partial charge in [0.15, 0.2) is 10.8 Å². The second-order valence-corrected chi connectivity index (χ2v) is 7.17. The van der Waals surface area contributed by atoms with Crippen LogP contribution in [0.15, 0.2) is 60.2 Å². The van der Waals surface area contributed by atoms with Gasteiger partial charge in [0.25, 0.3) is 0 Å². The first-order valence-corrected chi connectivity index (χ1v) is 9.72. The third-order valence-electron chi connectivity index (χ3n) is 4.21.